The van der Waals surface area contributed by atoms with Crippen LogP contribution in [0.25, 0.3) is 10.9 Å². The highest BCUT2D eigenvalue weighted by molar-refractivity contribution is 6.00. The fraction of sp³-hybridized carbons (Fsp3) is 0.585. The van der Waals surface area contributed by atoms with E-state index in [2.05, 4.69) is 52.8 Å². The Labute approximate surface area is 483 Å². The second-order valence-electron chi connectivity index (χ2n) is 20.6. The number of carbonyl (C=O) groups is 14. The minimum Gasteiger partial charge on any atom is -0.481 e. The lowest BCUT2D eigenvalue weighted by atomic mass is 9.97. The molecule has 0 saturated heterocycles. The van der Waals surface area contributed by atoms with Crippen LogP contribution in [0.1, 0.15) is 111 Å². The summed E-state index contributed by atoms with van der Waals surface area (Å²) in [6, 6.07) is -7.66. The molecular weight excluding hydrogens is 1110 g/mol. The van der Waals surface area contributed by atoms with E-state index in [1.807, 2.05) is 0 Å². The Morgan fingerprint density at radius 3 is 1.54 bits per heavy atom. The van der Waals surface area contributed by atoms with Gasteiger partial charge in [-0.05, 0) is 55.2 Å². The molecule has 0 fully saturated rings. The minimum absolute atomic E-state index is 0.199. The van der Waals surface area contributed by atoms with E-state index in [4.69, 9.17) is 17.2 Å². The first kappa shape index (κ1) is 71.4. The molecule has 10 amide bonds. The number of aliphatic carboxylic acids is 4. The van der Waals surface area contributed by atoms with Crippen LogP contribution in [0, 0.1) is 17.8 Å². The first-order valence-corrected chi connectivity index (χ1v) is 27.3. The summed E-state index contributed by atoms with van der Waals surface area (Å²) < 4.78 is 0. The number of rotatable bonds is 39. The summed E-state index contributed by atoms with van der Waals surface area (Å²) in [6.45, 7) is 9.01. The Morgan fingerprint density at radius 2 is 1.00 bits per heavy atom. The molecule has 0 radical (unpaired) electrons. The molecule has 0 saturated carbocycles. The number of unbranched alkanes of at least 4 members (excludes halogenated alkanes) is 1. The van der Waals surface area contributed by atoms with Crippen molar-refractivity contribution >= 4 is 93.9 Å². The fourth-order valence-electron chi connectivity index (χ4n) is 8.36. The average Bonchev–Trinajstić information content (AvgIpc) is 3.80. The molecule has 31 nitrogen and oxygen atoms in total. The van der Waals surface area contributed by atoms with Crippen molar-refractivity contribution in [1.82, 2.24) is 52.8 Å². The smallest absolute Gasteiger partial charge is 0.326 e. The largest absolute Gasteiger partial charge is 0.481 e. The van der Waals surface area contributed by atoms with Crippen molar-refractivity contribution in [3.8, 4) is 0 Å². The van der Waals surface area contributed by atoms with Crippen LogP contribution in [0.4, 0.5) is 0 Å². The van der Waals surface area contributed by atoms with Crippen LogP contribution in [0.3, 0.4) is 0 Å². The number of para-hydroxylation sites is 1. The second-order valence-corrected chi connectivity index (χ2v) is 20.6. The number of amides is 10. The molecule has 11 atom stereocenters. The third-order valence-electron chi connectivity index (χ3n) is 13.6. The number of primary amides is 1. The zero-order valence-electron chi connectivity index (χ0n) is 47.7. The van der Waals surface area contributed by atoms with Gasteiger partial charge in [0.1, 0.15) is 48.3 Å². The first-order chi connectivity index (χ1) is 39.4. The topological polar surface area (TPSA) is 522 Å². The number of benzene rings is 1. The Balaban J connectivity index is 2.35. The Bertz CT molecular complexity index is 2680. The van der Waals surface area contributed by atoms with Gasteiger partial charge in [0.15, 0.2) is 0 Å². The summed E-state index contributed by atoms with van der Waals surface area (Å²) in [4.78, 5) is 185. The molecule has 1 heterocycles. The number of H-pyrrole nitrogens is 1. The molecule has 0 unspecified atom stereocenters. The molecule has 0 aliphatic carbocycles. The van der Waals surface area contributed by atoms with Gasteiger partial charge in [0.05, 0.1) is 31.8 Å². The van der Waals surface area contributed by atoms with Gasteiger partial charge < -0.3 is 90.5 Å². The van der Waals surface area contributed by atoms with Crippen molar-refractivity contribution in [3.63, 3.8) is 0 Å². The van der Waals surface area contributed by atoms with Crippen LogP contribution in [0.2, 0.25) is 0 Å². The van der Waals surface area contributed by atoms with Crippen molar-refractivity contribution in [2.45, 2.75) is 167 Å². The van der Waals surface area contributed by atoms with Gasteiger partial charge in [-0.25, -0.2) is 4.79 Å². The lowest BCUT2D eigenvalue weighted by Crippen LogP contribution is -2.61. The molecule has 2 rings (SSSR count). The number of aromatic nitrogens is 1. The number of carbonyl (C=O) groups excluding carboxylic acids is 10. The Hall–Kier alpha value is -8.74. The Kier molecular flexibility index (Phi) is 30.0. The van der Waals surface area contributed by atoms with Gasteiger partial charge in [-0.15, -0.1) is 0 Å². The Morgan fingerprint density at radius 1 is 0.536 bits per heavy atom. The average molecular weight is 1190 g/mol. The fourth-order valence-corrected chi connectivity index (χ4v) is 8.36. The number of carboxylic acid groups (broad SMARTS) is 4. The summed E-state index contributed by atoms with van der Waals surface area (Å²) in [5, 5.41) is 60.1. The number of nitrogens with one attached hydrogen (secondary N) is 10. The molecule has 2 aromatic rings. The normalized spacial score (nSPS) is 15.1. The second kappa shape index (κ2) is 35.3. The molecule has 1 aromatic carbocycles. The SMILES string of the molecule is CC[C@H](C)[C@H](NC(=O)CNC(=O)[C@@H](NC(=O)[C@H](CC(=O)O)NC(=O)[C@@H](N)CCCCN)[C@@H](C)CC)C(=O)N[C@@H](CCC(N)=O)C(=O)N[C@H](C(=O)N[C@@H](CC(=O)O)C(=O)N[C@@H](Cc1c[nH]c2ccccc12)C(=O)N[C@@H](CC(=O)O)C(=O)O)C(C)C. The summed E-state index contributed by atoms with van der Waals surface area (Å²) in [6.07, 6.45) is -1.03. The minimum atomic E-state index is -1.98. The standard InChI is InChI=1S/C53H81N13O18/c1-7-26(5)43(66-49(79)35(21-40(71)72)60-45(75)30(55)14-11-12-18-54)50(80)58-24-38(68)64-44(27(6)8-2)52(82)59-32(16-17-37(56)67)46(76)65-42(25(3)4)51(81)62-34(20-39(69)70)48(78)61-33(47(77)63-36(53(83)84)22-41(73)74)19-28-23-57-31-15-10-9-13-29(28)31/h9-10,13,15,23,25-27,30,32-36,42-44,57H,7-8,11-12,14,16-22,24,54-55H2,1-6H3,(H2,56,67)(H,58,80)(H,59,82)(H,60,75)(H,61,78)(H,62,81)(H,63,77)(H,64,68)(H,65,76)(H,66,79)(H,69,70)(H,71,72)(H,73,74)(H,83,84)/t26-,27-,30-,32-,33-,34-,35-,36-,42-,43-,44-/m0/s1. The van der Waals surface area contributed by atoms with Crippen molar-refractivity contribution in [3.05, 3.63) is 36.0 Å². The zero-order valence-corrected chi connectivity index (χ0v) is 47.7. The van der Waals surface area contributed by atoms with Crippen molar-refractivity contribution < 1.29 is 87.5 Å². The van der Waals surface area contributed by atoms with Crippen LogP contribution in [-0.4, -0.2) is 176 Å². The lowest BCUT2D eigenvalue weighted by Gasteiger charge is -2.29. The molecule has 466 valence electrons. The van der Waals surface area contributed by atoms with E-state index in [1.54, 1.807) is 52.0 Å². The van der Waals surface area contributed by atoms with E-state index >= 15 is 0 Å². The molecule has 84 heavy (non-hydrogen) atoms. The van der Waals surface area contributed by atoms with Gasteiger partial charge in [-0.3, -0.25) is 62.3 Å². The van der Waals surface area contributed by atoms with Gasteiger partial charge in [0.25, 0.3) is 0 Å². The van der Waals surface area contributed by atoms with Gasteiger partial charge in [-0.1, -0.05) is 79.0 Å². The van der Waals surface area contributed by atoms with Gasteiger partial charge >= 0.3 is 23.9 Å². The monoisotopic (exact) mass is 1190 g/mol. The number of hydrogen-bond acceptors (Lipinski definition) is 16. The van der Waals surface area contributed by atoms with Gasteiger partial charge in [0, 0.05) is 29.9 Å². The molecule has 0 aliphatic heterocycles. The maximum Gasteiger partial charge on any atom is 0.326 e. The van der Waals surface area contributed by atoms with E-state index in [9.17, 15) is 87.5 Å². The van der Waals surface area contributed by atoms with Crippen LogP contribution < -0.4 is 65.1 Å². The summed E-state index contributed by atoms with van der Waals surface area (Å²) >= 11 is 0. The van der Waals surface area contributed by atoms with E-state index in [0.29, 0.717) is 42.3 Å². The van der Waals surface area contributed by atoms with Crippen molar-refractivity contribution in [1.29, 1.82) is 0 Å². The van der Waals surface area contributed by atoms with Crippen molar-refractivity contribution in [2.24, 2.45) is 35.0 Å². The first-order valence-electron chi connectivity index (χ1n) is 27.3. The van der Waals surface area contributed by atoms with E-state index < -0.39 is 194 Å². The molecular formula is C53H81N13O18. The van der Waals surface area contributed by atoms with E-state index in [-0.39, 0.29) is 19.3 Å². The molecule has 1 aromatic heterocycles. The highest BCUT2D eigenvalue weighted by atomic mass is 16.4. The van der Waals surface area contributed by atoms with E-state index in [1.165, 1.54) is 20.0 Å². The maximum absolute atomic E-state index is 14.1. The number of aromatic amines is 1. The summed E-state index contributed by atoms with van der Waals surface area (Å²) in [5.41, 5.74) is 17.9. The van der Waals surface area contributed by atoms with Crippen molar-refractivity contribution in [2.75, 3.05) is 13.1 Å². The molecule has 0 spiro atoms. The third kappa shape index (κ3) is 24.0. The van der Waals surface area contributed by atoms with Crippen LogP contribution in [0.15, 0.2) is 30.5 Å². The van der Waals surface area contributed by atoms with Gasteiger partial charge in [0.2, 0.25) is 59.1 Å². The lowest BCUT2D eigenvalue weighted by molar-refractivity contribution is -0.147. The zero-order chi connectivity index (χ0) is 63.5. The van der Waals surface area contributed by atoms with Crippen LogP contribution in [-0.2, 0) is 73.5 Å². The van der Waals surface area contributed by atoms with E-state index in [0.717, 1.165) is 0 Å². The maximum atomic E-state index is 14.1. The number of carboxylic acids is 4. The predicted octanol–water partition coefficient (Wildman–Crippen LogP) is -3.32. The molecule has 20 N–H and O–H groups in total. The summed E-state index contributed by atoms with van der Waals surface area (Å²) in [7, 11) is 0. The van der Waals surface area contributed by atoms with Gasteiger partial charge in [-0.2, -0.15) is 0 Å². The predicted molar refractivity (Wildman–Crippen MR) is 298 cm³/mol. The number of nitrogens with two attached hydrogens (primary N) is 3. The molecule has 0 aliphatic rings. The molecule has 31 heteroatoms. The number of hydrogen-bond donors (Lipinski definition) is 17. The highest BCUT2D eigenvalue weighted by Gasteiger charge is 2.38. The molecule has 0 bridgehead atoms. The quantitative estimate of drug-likeness (QED) is 0.0291. The highest BCUT2D eigenvalue weighted by Crippen LogP contribution is 2.20. The van der Waals surface area contributed by atoms with Crippen LogP contribution in [0.5, 0.6) is 0 Å². The third-order valence-corrected chi connectivity index (χ3v) is 13.6. The van der Waals surface area contributed by atoms with Crippen LogP contribution >= 0.6 is 0 Å². The number of fused-ring (bicyclic) bond motifs is 1. The summed E-state index contributed by atoms with van der Waals surface area (Å²) in [5.74, 6) is -18.7.